The Bertz CT molecular complexity index is 793. The van der Waals surface area contributed by atoms with Crippen LogP contribution in [0.1, 0.15) is 37.0 Å². The lowest BCUT2D eigenvalue weighted by atomic mass is 9.94. The summed E-state index contributed by atoms with van der Waals surface area (Å²) in [5, 5.41) is 2.79. The summed E-state index contributed by atoms with van der Waals surface area (Å²) in [6, 6.07) is 9.95. The van der Waals surface area contributed by atoms with Gasteiger partial charge in [0.2, 0.25) is 0 Å². The summed E-state index contributed by atoms with van der Waals surface area (Å²) in [6.45, 7) is 0. The third-order valence-corrected chi connectivity index (χ3v) is 6.26. The van der Waals surface area contributed by atoms with E-state index in [0.29, 0.717) is 5.82 Å². The van der Waals surface area contributed by atoms with Crippen LogP contribution in [-0.4, -0.2) is 27.0 Å². The molecule has 2 aromatic rings. The predicted octanol–water partition coefficient (Wildman–Crippen LogP) is 5.08. The number of carbonyl (C=O) groups is 1. The number of thiophene rings is 1. The number of aromatic nitrogens is 1. The van der Waals surface area contributed by atoms with E-state index in [1.807, 2.05) is 46.7 Å². The van der Waals surface area contributed by atoms with Gasteiger partial charge in [0.05, 0.1) is 4.91 Å². The van der Waals surface area contributed by atoms with Crippen LogP contribution in [0.25, 0.3) is 6.08 Å². The van der Waals surface area contributed by atoms with E-state index in [0.717, 1.165) is 27.8 Å². The quantitative estimate of drug-likeness (QED) is 0.709. The number of carbonyl (C=O) groups excluding carboxylic acids is 1. The molecular formula is C19H19N3OS2. The topological polar surface area (TPSA) is 45.6 Å². The van der Waals surface area contributed by atoms with Gasteiger partial charge in [0.25, 0.3) is 5.91 Å². The Balaban J connectivity index is 1.69. The van der Waals surface area contributed by atoms with Crippen molar-refractivity contribution in [3.63, 3.8) is 0 Å². The fourth-order valence-electron chi connectivity index (χ4n) is 3.25. The Hall–Kier alpha value is -1.92. The average Bonchev–Trinajstić information content (AvgIpc) is 3.26. The van der Waals surface area contributed by atoms with Crippen molar-refractivity contribution in [2.75, 3.05) is 0 Å². The van der Waals surface area contributed by atoms with Crippen LogP contribution in [0.5, 0.6) is 0 Å². The van der Waals surface area contributed by atoms with Gasteiger partial charge in [-0.05, 0) is 54.3 Å². The molecular weight excluding hydrogens is 350 g/mol. The predicted molar refractivity (Wildman–Crippen MR) is 105 cm³/mol. The maximum Gasteiger partial charge on any atom is 0.267 e. The molecule has 0 N–H and O–H groups in total. The number of aliphatic imine (C=N–C) groups is 1. The minimum Gasteiger partial charge on any atom is -0.283 e. The molecule has 0 spiro atoms. The number of hydrogen-bond acceptors (Lipinski definition) is 5. The fourth-order valence-corrected chi connectivity index (χ4v) is 5.02. The molecule has 0 radical (unpaired) electrons. The Morgan fingerprint density at radius 1 is 1.16 bits per heavy atom. The van der Waals surface area contributed by atoms with E-state index in [4.69, 9.17) is 0 Å². The molecule has 2 aromatic heterocycles. The first-order valence-electron chi connectivity index (χ1n) is 8.57. The first-order valence-corrected chi connectivity index (χ1v) is 10.3. The molecule has 1 aliphatic carbocycles. The van der Waals surface area contributed by atoms with Crippen LogP contribution in [0.3, 0.4) is 0 Å². The van der Waals surface area contributed by atoms with E-state index in [9.17, 15) is 4.79 Å². The summed E-state index contributed by atoms with van der Waals surface area (Å²) in [7, 11) is 0. The molecule has 1 amide bonds. The number of hydrogen-bond donors (Lipinski definition) is 0. The van der Waals surface area contributed by atoms with Crippen molar-refractivity contribution in [3.8, 4) is 0 Å². The van der Waals surface area contributed by atoms with Gasteiger partial charge in [-0.15, -0.1) is 11.3 Å². The largest absolute Gasteiger partial charge is 0.283 e. The molecule has 1 aliphatic heterocycles. The lowest BCUT2D eigenvalue weighted by Crippen LogP contribution is -2.40. The summed E-state index contributed by atoms with van der Waals surface area (Å²) in [5.74, 6) is 0.732. The number of rotatable bonds is 3. The van der Waals surface area contributed by atoms with Crippen molar-refractivity contribution >= 4 is 46.1 Å². The molecule has 0 bridgehead atoms. The van der Waals surface area contributed by atoms with Gasteiger partial charge in [0.15, 0.2) is 11.0 Å². The van der Waals surface area contributed by atoms with Crippen molar-refractivity contribution in [2.45, 2.75) is 38.1 Å². The maximum atomic E-state index is 13.1. The smallest absolute Gasteiger partial charge is 0.267 e. The van der Waals surface area contributed by atoms with Crippen LogP contribution in [0.4, 0.5) is 5.82 Å². The molecule has 0 atom stereocenters. The van der Waals surface area contributed by atoms with Gasteiger partial charge in [-0.2, -0.15) is 0 Å². The van der Waals surface area contributed by atoms with Crippen molar-refractivity contribution in [1.29, 1.82) is 0 Å². The van der Waals surface area contributed by atoms with Gasteiger partial charge < -0.3 is 0 Å². The van der Waals surface area contributed by atoms with Gasteiger partial charge >= 0.3 is 0 Å². The maximum absolute atomic E-state index is 13.1. The van der Waals surface area contributed by atoms with E-state index in [1.165, 1.54) is 31.0 Å². The van der Waals surface area contributed by atoms with Crippen LogP contribution < -0.4 is 0 Å². The Labute approximate surface area is 155 Å². The Kier molecular flexibility index (Phi) is 4.99. The summed E-state index contributed by atoms with van der Waals surface area (Å²) in [6.07, 6.45) is 9.44. The highest BCUT2D eigenvalue weighted by Gasteiger charge is 2.38. The highest BCUT2D eigenvalue weighted by Crippen LogP contribution is 2.38. The fraction of sp³-hybridized carbons (Fsp3) is 0.316. The average molecular weight is 370 g/mol. The van der Waals surface area contributed by atoms with Gasteiger partial charge in [0, 0.05) is 17.1 Å². The first kappa shape index (κ1) is 16.5. The third kappa shape index (κ3) is 3.70. The third-order valence-electron chi connectivity index (χ3n) is 4.45. The van der Waals surface area contributed by atoms with Crippen molar-refractivity contribution < 1.29 is 4.79 Å². The molecule has 6 heteroatoms. The molecule has 0 unspecified atom stereocenters. The number of amidine groups is 1. The number of nitrogens with zero attached hydrogens (tertiary/aromatic N) is 3. The standard InChI is InChI=1S/C19H19N3OS2/c23-18-16(13-15-9-6-12-24-15)25-19(21-17-10-4-5-11-20-17)22(18)14-7-2-1-3-8-14/h4-6,9-14H,1-3,7-8H2/b16-13+,21-19+. The second-order valence-corrected chi connectivity index (χ2v) is 8.16. The van der Waals surface area contributed by atoms with Gasteiger partial charge in [-0.25, -0.2) is 9.98 Å². The normalized spacial score (nSPS) is 22.2. The van der Waals surface area contributed by atoms with E-state index >= 15 is 0 Å². The second kappa shape index (κ2) is 7.54. The van der Waals surface area contributed by atoms with Crippen molar-refractivity contribution in [3.05, 3.63) is 51.7 Å². The Morgan fingerprint density at radius 2 is 2.04 bits per heavy atom. The Morgan fingerprint density at radius 3 is 2.76 bits per heavy atom. The van der Waals surface area contributed by atoms with Gasteiger partial charge in [-0.3, -0.25) is 9.69 Å². The molecule has 2 fully saturated rings. The molecule has 25 heavy (non-hydrogen) atoms. The number of thioether (sulfide) groups is 1. The van der Waals surface area contributed by atoms with E-state index in [1.54, 1.807) is 17.5 Å². The summed E-state index contributed by atoms with van der Waals surface area (Å²) in [5.41, 5.74) is 0. The number of pyridine rings is 1. The lowest BCUT2D eigenvalue weighted by molar-refractivity contribution is -0.124. The van der Waals surface area contributed by atoms with Crippen LogP contribution >= 0.6 is 23.1 Å². The zero-order valence-corrected chi connectivity index (χ0v) is 15.4. The SMILES string of the molecule is O=C1/C(=C\c2cccs2)S/C(=N/c2ccccn2)N1C1CCCCC1. The van der Waals surface area contributed by atoms with Crippen LogP contribution in [0, 0.1) is 0 Å². The molecule has 4 nitrogen and oxygen atoms in total. The van der Waals surface area contributed by atoms with Crippen LogP contribution in [0.2, 0.25) is 0 Å². The van der Waals surface area contributed by atoms with E-state index in [-0.39, 0.29) is 11.9 Å². The molecule has 0 aromatic carbocycles. The zero-order chi connectivity index (χ0) is 17.1. The molecule has 3 heterocycles. The summed E-state index contributed by atoms with van der Waals surface area (Å²) in [4.78, 5) is 25.8. The monoisotopic (exact) mass is 369 g/mol. The highest BCUT2D eigenvalue weighted by molar-refractivity contribution is 8.18. The molecule has 2 aliphatic rings. The van der Waals surface area contributed by atoms with Crippen molar-refractivity contribution in [1.82, 2.24) is 9.88 Å². The summed E-state index contributed by atoms with van der Waals surface area (Å²) >= 11 is 3.11. The van der Waals surface area contributed by atoms with Gasteiger partial charge in [-0.1, -0.05) is 31.4 Å². The van der Waals surface area contributed by atoms with Crippen LogP contribution in [-0.2, 0) is 4.79 Å². The van der Waals surface area contributed by atoms with Crippen molar-refractivity contribution in [2.24, 2.45) is 4.99 Å². The van der Waals surface area contributed by atoms with Gasteiger partial charge in [0.1, 0.15) is 0 Å². The number of amides is 1. The zero-order valence-electron chi connectivity index (χ0n) is 13.8. The minimum absolute atomic E-state index is 0.0833. The van der Waals surface area contributed by atoms with E-state index in [2.05, 4.69) is 9.98 Å². The second-order valence-electron chi connectivity index (χ2n) is 6.18. The molecule has 1 saturated carbocycles. The lowest BCUT2D eigenvalue weighted by Gasteiger charge is -2.30. The molecule has 4 rings (SSSR count). The molecule has 1 saturated heterocycles. The summed E-state index contributed by atoms with van der Waals surface area (Å²) < 4.78 is 0. The van der Waals surface area contributed by atoms with Crippen LogP contribution in [0.15, 0.2) is 51.8 Å². The first-order chi connectivity index (χ1) is 12.3. The minimum atomic E-state index is 0.0833. The van der Waals surface area contributed by atoms with E-state index < -0.39 is 0 Å². The highest BCUT2D eigenvalue weighted by atomic mass is 32.2. The molecule has 128 valence electrons.